The molecule has 2 aromatic rings. The van der Waals surface area contributed by atoms with Crippen LogP contribution in [0, 0.1) is 0 Å². The van der Waals surface area contributed by atoms with E-state index in [-0.39, 0.29) is 11.7 Å². The minimum atomic E-state index is 0.204. The molecule has 1 N–H and O–H groups in total. The smallest absolute Gasteiger partial charge is 0.139 e. The monoisotopic (exact) mass is 399 g/mol. The standard InChI is InChI=1S/C20H22BrN3O/c1-3-22-20-17-12-23-18(19(21)16(17)11-24-20)10-15(25)9-13(2)14-7-5-4-6-8-14/h4-8,12-13H,3,9-11H2,1-2H3,(H,22,24)/t13-/m0/s1. The molecule has 1 aromatic carbocycles. The van der Waals surface area contributed by atoms with Crippen LogP contribution in [0.3, 0.4) is 0 Å². The van der Waals surface area contributed by atoms with Crippen LogP contribution >= 0.6 is 15.9 Å². The highest BCUT2D eigenvalue weighted by atomic mass is 79.9. The fourth-order valence-corrected chi connectivity index (χ4v) is 3.69. The number of fused-ring (bicyclic) bond motifs is 1. The minimum absolute atomic E-state index is 0.204. The van der Waals surface area contributed by atoms with Crippen molar-refractivity contribution in [3.63, 3.8) is 0 Å². The molecule has 0 amide bonds. The van der Waals surface area contributed by atoms with Crippen LogP contribution in [0.1, 0.15) is 48.6 Å². The van der Waals surface area contributed by atoms with Crippen LogP contribution in [0.5, 0.6) is 0 Å². The van der Waals surface area contributed by atoms with E-state index in [1.54, 1.807) is 0 Å². The second-order valence-electron chi connectivity index (χ2n) is 6.34. The number of hydrogen-bond donors (Lipinski definition) is 1. The molecule has 0 saturated heterocycles. The Hall–Kier alpha value is -2.01. The summed E-state index contributed by atoms with van der Waals surface area (Å²) in [6.07, 6.45) is 2.70. The summed E-state index contributed by atoms with van der Waals surface area (Å²) in [4.78, 5) is 21.5. The van der Waals surface area contributed by atoms with Gasteiger partial charge in [0.2, 0.25) is 0 Å². The van der Waals surface area contributed by atoms with E-state index < -0.39 is 0 Å². The fraction of sp³-hybridized carbons (Fsp3) is 0.350. The van der Waals surface area contributed by atoms with Crippen LogP contribution in [-0.2, 0) is 17.8 Å². The third-order valence-electron chi connectivity index (χ3n) is 4.45. The van der Waals surface area contributed by atoms with Gasteiger partial charge in [0, 0.05) is 41.2 Å². The molecule has 0 aliphatic carbocycles. The Morgan fingerprint density at radius 1 is 1.32 bits per heavy atom. The summed E-state index contributed by atoms with van der Waals surface area (Å²) in [5.41, 5.74) is 4.14. The summed E-state index contributed by atoms with van der Waals surface area (Å²) >= 11 is 3.63. The third-order valence-corrected chi connectivity index (χ3v) is 5.39. The molecular formula is C20H22BrN3O. The van der Waals surface area contributed by atoms with E-state index in [4.69, 9.17) is 0 Å². The Labute approximate surface area is 156 Å². The number of benzene rings is 1. The van der Waals surface area contributed by atoms with Gasteiger partial charge in [0.1, 0.15) is 11.6 Å². The van der Waals surface area contributed by atoms with Crippen molar-refractivity contribution in [1.82, 2.24) is 10.3 Å². The van der Waals surface area contributed by atoms with E-state index >= 15 is 0 Å². The lowest BCUT2D eigenvalue weighted by molar-refractivity contribution is -0.118. The first kappa shape index (κ1) is 17.8. The highest BCUT2D eigenvalue weighted by molar-refractivity contribution is 9.10. The molecule has 5 heteroatoms. The van der Waals surface area contributed by atoms with Gasteiger partial charge in [-0.2, -0.15) is 0 Å². The minimum Gasteiger partial charge on any atom is -0.370 e. The summed E-state index contributed by atoms with van der Waals surface area (Å²) in [7, 11) is 0. The van der Waals surface area contributed by atoms with Gasteiger partial charge in [-0.25, -0.2) is 0 Å². The molecule has 0 saturated carbocycles. The summed E-state index contributed by atoms with van der Waals surface area (Å²) < 4.78 is 0.919. The SMILES string of the molecule is CCNC1=NCc2c1cnc(CC(=O)C[C@H](C)c1ccccc1)c2Br. The van der Waals surface area contributed by atoms with Gasteiger partial charge in [0.25, 0.3) is 0 Å². The maximum atomic E-state index is 12.5. The van der Waals surface area contributed by atoms with Crippen LogP contribution in [0.2, 0.25) is 0 Å². The van der Waals surface area contributed by atoms with Crippen molar-refractivity contribution in [2.24, 2.45) is 4.99 Å². The number of carbonyl (C=O) groups is 1. The van der Waals surface area contributed by atoms with Gasteiger partial charge in [-0.15, -0.1) is 0 Å². The second kappa shape index (κ2) is 7.91. The molecule has 4 nitrogen and oxygen atoms in total. The molecule has 3 rings (SSSR count). The summed E-state index contributed by atoms with van der Waals surface area (Å²) in [5, 5.41) is 3.25. The van der Waals surface area contributed by atoms with Crippen LogP contribution in [0.25, 0.3) is 0 Å². The number of Topliss-reactive ketones (excluding diaryl/α,β-unsaturated/α-hetero) is 1. The summed E-state index contributed by atoms with van der Waals surface area (Å²) in [5.74, 6) is 1.31. The number of ketones is 1. The maximum Gasteiger partial charge on any atom is 0.139 e. The Morgan fingerprint density at radius 3 is 2.80 bits per heavy atom. The van der Waals surface area contributed by atoms with Crippen LogP contribution in [0.4, 0.5) is 0 Å². The molecule has 1 aliphatic rings. The van der Waals surface area contributed by atoms with Gasteiger partial charge >= 0.3 is 0 Å². The van der Waals surface area contributed by atoms with Crippen molar-refractivity contribution in [1.29, 1.82) is 0 Å². The molecule has 2 heterocycles. The number of rotatable bonds is 6. The quantitative estimate of drug-likeness (QED) is 0.797. The number of aliphatic imine (C=N–C) groups is 1. The highest BCUT2D eigenvalue weighted by Gasteiger charge is 2.22. The number of aromatic nitrogens is 1. The Bertz CT molecular complexity index is 802. The average molecular weight is 400 g/mol. The number of halogens is 1. The zero-order valence-electron chi connectivity index (χ0n) is 14.6. The largest absolute Gasteiger partial charge is 0.370 e. The molecule has 0 fully saturated rings. The lowest BCUT2D eigenvalue weighted by Crippen LogP contribution is -2.22. The molecule has 1 aromatic heterocycles. The average Bonchev–Trinajstić information content (AvgIpc) is 3.02. The fourth-order valence-electron chi connectivity index (χ4n) is 3.11. The van der Waals surface area contributed by atoms with E-state index in [1.807, 2.05) is 31.3 Å². The van der Waals surface area contributed by atoms with Crippen molar-refractivity contribution in [2.45, 2.75) is 39.2 Å². The number of pyridine rings is 1. The van der Waals surface area contributed by atoms with Crippen LogP contribution < -0.4 is 5.32 Å². The first-order chi connectivity index (χ1) is 12.1. The van der Waals surface area contributed by atoms with Gasteiger partial charge in [-0.3, -0.25) is 14.8 Å². The van der Waals surface area contributed by atoms with E-state index in [1.165, 1.54) is 5.56 Å². The number of amidine groups is 1. The molecule has 1 aliphatic heterocycles. The van der Waals surface area contributed by atoms with E-state index in [0.717, 1.165) is 33.7 Å². The van der Waals surface area contributed by atoms with Crippen LogP contribution in [-0.4, -0.2) is 23.1 Å². The Morgan fingerprint density at radius 2 is 2.08 bits per heavy atom. The zero-order chi connectivity index (χ0) is 17.8. The lowest BCUT2D eigenvalue weighted by atomic mass is 9.94. The number of carbonyl (C=O) groups excluding carboxylic acids is 1. The third kappa shape index (κ3) is 3.98. The van der Waals surface area contributed by atoms with Gasteiger partial charge in [0.15, 0.2) is 0 Å². The molecule has 0 radical (unpaired) electrons. The highest BCUT2D eigenvalue weighted by Crippen LogP contribution is 2.29. The molecule has 1 atom stereocenters. The van der Waals surface area contributed by atoms with E-state index in [0.29, 0.717) is 19.4 Å². The van der Waals surface area contributed by atoms with Gasteiger partial charge in [0.05, 0.1) is 12.2 Å². The summed E-state index contributed by atoms with van der Waals surface area (Å²) in [6.45, 7) is 5.59. The molecule has 130 valence electrons. The van der Waals surface area contributed by atoms with Crippen molar-refractivity contribution >= 4 is 27.5 Å². The normalized spacial score (nSPS) is 14.0. The molecular weight excluding hydrogens is 378 g/mol. The first-order valence-electron chi connectivity index (χ1n) is 8.61. The number of nitrogens with one attached hydrogen (secondary N) is 1. The van der Waals surface area contributed by atoms with Crippen molar-refractivity contribution in [2.75, 3.05) is 6.54 Å². The maximum absolute atomic E-state index is 12.5. The molecule has 25 heavy (non-hydrogen) atoms. The Kier molecular flexibility index (Phi) is 5.63. The predicted octanol–water partition coefficient (Wildman–Crippen LogP) is 4.02. The van der Waals surface area contributed by atoms with Crippen molar-refractivity contribution in [3.05, 3.63) is 63.4 Å². The van der Waals surface area contributed by atoms with E-state index in [9.17, 15) is 4.79 Å². The number of hydrogen-bond acceptors (Lipinski definition) is 4. The van der Waals surface area contributed by atoms with Gasteiger partial charge < -0.3 is 5.32 Å². The predicted molar refractivity (Wildman–Crippen MR) is 104 cm³/mol. The molecule has 0 spiro atoms. The van der Waals surface area contributed by atoms with Crippen molar-refractivity contribution < 1.29 is 4.79 Å². The molecule has 0 bridgehead atoms. The lowest BCUT2D eigenvalue weighted by Gasteiger charge is -2.12. The van der Waals surface area contributed by atoms with Gasteiger partial charge in [-0.05, 0) is 34.3 Å². The topological polar surface area (TPSA) is 54.4 Å². The van der Waals surface area contributed by atoms with Gasteiger partial charge in [-0.1, -0.05) is 37.3 Å². The first-order valence-corrected chi connectivity index (χ1v) is 9.41. The second-order valence-corrected chi connectivity index (χ2v) is 7.13. The molecule has 0 unspecified atom stereocenters. The van der Waals surface area contributed by atoms with E-state index in [2.05, 4.69) is 50.3 Å². The number of nitrogens with zero attached hydrogens (tertiary/aromatic N) is 2. The Balaban J connectivity index is 1.69. The summed E-state index contributed by atoms with van der Waals surface area (Å²) in [6, 6.07) is 10.2. The van der Waals surface area contributed by atoms with Crippen LogP contribution in [0.15, 0.2) is 46.0 Å². The van der Waals surface area contributed by atoms with Crippen molar-refractivity contribution in [3.8, 4) is 0 Å². The zero-order valence-corrected chi connectivity index (χ0v) is 16.1.